The molecule has 0 aromatic heterocycles. The molecule has 0 aliphatic rings. The number of methoxy groups -OCH3 is 2. The standard InChI is InChI=1S/C22H17Cl2NO4/c1-28-16-8-10-20(29-2)17(12-16)21(26)13-3-6-15(7-4-13)25-22(27)14-5-9-18(23)19(24)11-14/h3-12H,1-2H3,(H,25,27). The van der Waals surface area contributed by atoms with Crippen molar-refractivity contribution in [1.82, 2.24) is 0 Å². The molecule has 0 bridgehead atoms. The molecule has 3 rings (SSSR count). The number of hydrogen-bond donors (Lipinski definition) is 1. The molecule has 3 aromatic rings. The first kappa shape index (κ1) is 20.7. The van der Waals surface area contributed by atoms with E-state index in [1.54, 1.807) is 54.6 Å². The molecule has 0 saturated heterocycles. The van der Waals surface area contributed by atoms with Crippen LogP contribution in [0, 0.1) is 0 Å². The van der Waals surface area contributed by atoms with Crippen LogP contribution in [0.3, 0.4) is 0 Å². The third kappa shape index (κ3) is 4.70. The Balaban J connectivity index is 1.78. The van der Waals surface area contributed by atoms with Gasteiger partial charge in [0.1, 0.15) is 11.5 Å². The van der Waals surface area contributed by atoms with E-state index in [0.717, 1.165) is 0 Å². The van der Waals surface area contributed by atoms with E-state index in [-0.39, 0.29) is 11.7 Å². The van der Waals surface area contributed by atoms with Crippen LogP contribution in [0.15, 0.2) is 60.7 Å². The molecule has 0 aliphatic carbocycles. The van der Waals surface area contributed by atoms with Gasteiger partial charge in [0.05, 0.1) is 29.8 Å². The fourth-order valence-corrected chi connectivity index (χ4v) is 2.99. The zero-order valence-corrected chi connectivity index (χ0v) is 17.2. The Labute approximate surface area is 178 Å². The van der Waals surface area contributed by atoms with Crippen LogP contribution in [0.2, 0.25) is 10.0 Å². The molecule has 1 amide bonds. The molecule has 0 fully saturated rings. The van der Waals surface area contributed by atoms with Crippen LogP contribution in [0.25, 0.3) is 0 Å². The number of carbonyl (C=O) groups is 2. The third-order valence-corrected chi connectivity index (χ3v) is 4.98. The smallest absolute Gasteiger partial charge is 0.255 e. The fourth-order valence-electron chi connectivity index (χ4n) is 2.69. The molecule has 1 N–H and O–H groups in total. The first-order chi connectivity index (χ1) is 13.9. The summed E-state index contributed by atoms with van der Waals surface area (Å²) in [5.41, 5.74) is 1.75. The van der Waals surface area contributed by atoms with Gasteiger partial charge >= 0.3 is 0 Å². The largest absolute Gasteiger partial charge is 0.497 e. The van der Waals surface area contributed by atoms with Gasteiger partial charge in [-0.3, -0.25) is 9.59 Å². The molecule has 7 heteroatoms. The van der Waals surface area contributed by atoms with E-state index in [1.807, 2.05) is 0 Å². The number of carbonyl (C=O) groups excluding carboxylic acids is 2. The van der Waals surface area contributed by atoms with Gasteiger partial charge in [-0.25, -0.2) is 0 Å². The van der Waals surface area contributed by atoms with Crippen LogP contribution >= 0.6 is 23.2 Å². The second kappa shape index (κ2) is 8.99. The van der Waals surface area contributed by atoms with E-state index in [1.165, 1.54) is 20.3 Å². The molecular formula is C22H17Cl2NO4. The summed E-state index contributed by atoms with van der Waals surface area (Å²) in [6.45, 7) is 0. The molecule has 0 heterocycles. The van der Waals surface area contributed by atoms with Gasteiger partial charge < -0.3 is 14.8 Å². The zero-order valence-electron chi connectivity index (χ0n) is 15.7. The fraction of sp³-hybridized carbons (Fsp3) is 0.0909. The van der Waals surface area contributed by atoms with E-state index < -0.39 is 0 Å². The minimum absolute atomic E-state index is 0.219. The Bertz CT molecular complexity index is 1060. The minimum atomic E-state index is -0.336. The molecule has 0 aliphatic heterocycles. The third-order valence-electron chi connectivity index (χ3n) is 4.24. The molecule has 0 radical (unpaired) electrons. The number of benzene rings is 3. The highest BCUT2D eigenvalue weighted by molar-refractivity contribution is 6.42. The van der Waals surface area contributed by atoms with Crippen molar-refractivity contribution >= 4 is 40.6 Å². The van der Waals surface area contributed by atoms with Crippen LogP contribution in [0.1, 0.15) is 26.3 Å². The molecule has 0 unspecified atom stereocenters. The number of rotatable bonds is 6. The lowest BCUT2D eigenvalue weighted by Gasteiger charge is -2.10. The van der Waals surface area contributed by atoms with Gasteiger partial charge in [0.25, 0.3) is 5.91 Å². The second-order valence-corrected chi connectivity index (χ2v) is 6.87. The number of amides is 1. The van der Waals surface area contributed by atoms with Gasteiger partial charge in [-0.1, -0.05) is 23.2 Å². The Kier molecular flexibility index (Phi) is 6.42. The Morgan fingerprint density at radius 2 is 1.48 bits per heavy atom. The van der Waals surface area contributed by atoms with E-state index in [0.29, 0.717) is 43.9 Å². The number of anilines is 1. The number of hydrogen-bond acceptors (Lipinski definition) is 4. The summed E-state index contributed by atoms with van der Waals surface area (Å²) >= 11 is 11.8. The monoisotopic (exact) mass is 429 g/mol. The summed E-state index contributed by atoms with van der Waals surface area (Å²) in [5, 5.41) is 3.43. The summed E-state index contributed by atoms with van der Waals surface area (Å²) in [6, 6.07) is 16.2. The van der Waals surface area contributed by atoms with Crippen LogP contribution in [-0.4, -0.2) is 25.9 Å². The highest BCUT2D eigenvalue weighted by atomic mass is 35.5. The quantitative estimate of drug-likeness (QED) is 0.525. The van der Waals surface area contributed by atoms with Gasteiger partial charge in [-0.05, 0) is 60.7 Å². The molecule has 3 aromatic carbocycles. The maximum Gasteiger partial charge on any atom is 0.255 e. The van der Waals surface area contributed by atoms with Gasteiger partial charge in [-0.15, -0.1) is 0 Å². The Morgan fingerprint density at radius 3 is 2.10 bits per heavy atom. The predicted molar refractivity (Wildman–Crippen MR) is 114 cm³/mol. The highest BCUT2D eigenvalue weighted by Gasteiger charge is 2.16. The number of ketones is 1. The number of halogens is 2. The van der Waals surface area contributed by atoms with Crippen molar-refractivity contribution in [2.45, 2.75) is 0 Å². The van der Waals surface area contributed by atoms with Crippen LogP contribution in [0.4, 0.5) is 5.69 Å². The first-order valence-corrected chi connectivity index (χ1v) is 9.31. The van der Waals surface area contributed by atoms with E-state index in [9.17, 15) is 9.59 Å². The van der Waals surface area contributed by atoms with Crippen molar-refractivity contribution in [2.24, 2.45) is 0 Å². The highest BCUT2D eigenvalue weighted by Crippen LogP contribution is 2.27. The van der Waals surface area contributed by atoms with E-state index in [2.05, 4.69) is 5.32 Å². The average molecular weight is 430 g/mol. The lowest BCUT2D eigenvalue weighted by molar-refractivity contribution is 0.102. The summed E-state index contributed by atoms with van der Waals surface area (Å²) in [7, 11) is 3.03. The van der Waals surface area contributed by atoms with Crippen LogP contribution < -0.4 is 14.8 Å². The van der Waals surface area contributed by atoms with Crippen LogP contribution in [-0.2, 0) is 0 Å². The molecule has 0 spiro atoms. The normalized spacial score (nSPS) is 10.3. The predicted octanol–water partition coefficient (Wildman–Crippen LogP) is 5.49. The van der Waals surface area contributed by atoms with Gasteiger partial charge in [-0.2, -0.15) is 0 Å². The van der Waals surface area contributed by atoms with Crippen molar-refractivity contribution in [3.8, 4) is 11.5 Å². The van der Waals surface area contributed by atoms with Crippen molar-refractivity contribution in [3.63, 3.8) is 0 Å². The maximum atomic E-state index is 12.9. The SMILES string of the molecule is COc1ccc(OC)c(C(=O)c2ccc(NC(=O)c3ccc(Cl)c(Cl)c3)cc2)c1. The number of ether oxygens (including phenoxy) is 2. The lowest BCUT2D eigenvalue weighted by atomic mass is 10.0. The van der Waals surface area contributed by atoms with E-state index in [4.69, 9.17) is 32.7 Å². The van der Waals surface area contributed by atoms with E-state index >= 15 is 0 Å². The molecule has 0 saturated carbocycles. The average Bonchev–Trinajstić information content (AvgIpc) is 2.75. The van der Waals surface area contributed by atoms with Gasteiger partial charge in [0.2, 0.25) is 0 Å². The molecular weight excluding hydrogens is 413 g/mol. The summed E-state index contributed by atoms with van der Waals surface area (Å²) in [4.78, 5) is 25.2. The van der Waals surface area contributed by atoms with Crippen molar-refractivity contribution in [2.75, 3.05) is 19.5 Å². The summed E-state index contributed by atoms with van der Waals surface area (Å²) in [6.07, 6.45) is 0. The van der Waals surface area contributed by atoms with Crippen molar-refractivity contribution < 1.29 is 19.1 Å². The Morgan fingerprint density at radius 1 is 0.793 bits per heavy atom. The molecule has 29 heavy (non-hydrogen) atoms. The topological polar surface area (TPSA) is 64.6 Å². The second-order valence-electron chi connectivity index (χ2n) is 6.06. The van der Waals surface area contributed by atoms with Crippen molar-refractivity contribution in [1.29, 1.82) is 0 Å². The molecule has 0 atom stereocenters. The van der Waals surface area contributed by atoms with Gasteiger partial charge in [0, 0.05) is 16.8 Å². The summed E-state index contributed by atoms with van der Waals surface area (Å²) < 4.78 is 10.5. The molecule has 148 valence electrons. The van der Waals surface area contributed by atoms with Crippen molar-refractivity contribution in [3.05, 3.63) is 87.4 Å². The zero-order chi connectivity index (χ0) is 21.0. The minimum Gasteiger partial charge on any atom is -0.497 e. The summed E-state index contributed by atoms with van der Waals surface area (Å²) in [5.74, 6) is 0.452. The first-order valence-electron chi connectivity index (χ1n) is 8.56. The Hall–Kier alpha value is -3.02. The maximum absolute atomic E-state index is 12.9. The number of nitrogens with one attached hydrogen (secondary N) is 1. The molecule has 5 nitrogen and oxygen atoms in total. The van der Waals surface area contributed by atoms with Crippen LogP contribution in [0.5, 0.6) is 11.5 Å². The van der Waals surface area contributed by atoms with Gasteiger partial charge in [0.15, 0.2) is 5.78 Å². The lowest BCUT2D eigenvalue weighted by Crippen LogP contribution is -2.12.